The molecule has 1 fully saturated rings. The highest BCUT2D eigenvalue weighted by Gasteiger charge is 2.49. The minimum Gasteiger partial charge on any atom is -0.350 e. The first-order valence-electron chi connectivity index (χ1n) is 16.0. The monoisotopic (exact) mass is 614 g/mol. The fraction of sp³-hybridized carbons (Fsp3) is 0.444. The summed E-state index contributed by atoms with van der Waals surface area (Å²) in [5, 5.41) is 0. The number of hydrogen-bond acceptors (Lipinski definition) is 6. The van der Waals surface area contributed by atoms with Gasteiger partial charge in [-0.15, -0.1) is 0 Å². The van der Waals surface area contributed by atoms with Crippen LogP contribution in [0.15, 0.2) is 85.2 Å². The van der Waals surface area contributed by atoms with Crippen LogP contribution in [0.25, 0.3) is 0 Å². The van der Waals surface area contributed by atoms with Crippen LogP contribution in [0.3, 0.4) is 0 Å². The number of carbonyl (C=O) groups is 3. The van der Waals surface area contributed by atoms with Gasteiger partial charge in [0.05, 0.1) is 17.8 Å². The van der Waals surface area contributed by atoms with Gasteiger partial charge in [0.2, 0.25) is 17.7 Å². The molecule has 1 aromatic heterocycles. The van der Waals surface area contributed by atoms with Crippen LogP contribution in [-0.2, 0) is 43.2 Å². The molecule has 9 nitrogen and oxygen atoms in total. The molecule has 240 valence electrons. The molecule has 3 amide bonds. The zero-order valence-electron chi connectivity index (χ0n) is 26.4. The smallest absolute Gasteiger partial charge is 0.247 e. The minimum absolute atomic E-state index is 0.0558. The van der Waals surface area contributed by atoms with Crippen molar-refractivity contribution in [2.45, 2.75) is 77.9 Å². The average molecular weight is 615 g/mol. The molecule has 0 aliphatic carbocycles. The lowest BCUT2D eigenvalue weighted by molar-refractivity contribution is -0.204. The molecule has 1 aliphatic heterocycles. The van der Waals surface area contributed by atoms with Crippen molar-refractivity contribution in [1.29, 1.82) is 0 Å². The summed E-state index contributed by atoms with van der Waals surface area (Å²) in [4.78, 5) is 51.3. The summed E-state index contributed by atoms with van der Waals surface area (Å²) < 4.78 is 5.69. The first kappa shape index (κ1) is 33.8. The highest BCUT2D eigenvalue weighted by molar-refractivity contribution is 5.92. The molecule has 2 heterocycles. The highest BCUT2D eigenvalue weighted by Crippen LogP contribution is 2.42. The number of aromatic nitrogens is 1. The molecule has 2 aromatic carbocycles. The molecule has 3 N–H and O–H groups in total. The summed E-state index contributed by atoms with van der Waals surface area (Å²) in [5.41, 5.74) is 9.61. The van der Waals surface area contributed by atoms with Crippen LogP contribution in [0, 0.1) is 17.3 Å². The van der Waals surface area contributed by atoms with E-state index in [0.29, 0.717) is 38.7 Å². The Morgan fingerprint density at radius 3 is 2.29 bits per heavy atom. The van der Waals surface area contributed by atoms with Crippen LogP contribution in [0.4, 0.5) is 0 Å². The van der Waals surface area contributed by atoms with Gasteiger partial charge in [-0.25, -0.2) is 10.3 Å². The van der Waals surface area contributed by atoms with Gasteiger partial charge in [-0.05, 0) is 73.6 Å². The van der Waals surface area contributed by atoms with Crippen molar-refractivity contribution in [3.63, 3.8) is 0 Å². The number of hydroxylamine groups is 1. The van der Waals surface area contributed by atoms with Gasteiger partial charge in [-0.1, -0.05) is 80.6 Å². The summed E-state index contributed by atoms with van der Waals surface area (Å²) in [6.07, 6.45) is 7.96. The Labute approximate surface area is 266 Å². The van der Waals surface area contributed by atoms with Gasteiger partial charge in [0, 0.05) is 25.4 Å². The average Bonchev–Trinajstić information content (AvgIpc) is 3.06. The molecule has 1 unspecified atom stereocenters. The third-order valence-corrected chi connectivity index (χ3v) is 8.20. The van der Waals surface area contributed by atoms with Crippen molar-refractivity contribution >= 4 is 17.7 Å². The van der Waals surface area contributed by atoms with Crippen LogP contribution in [-0.4, -0.2) is 35.6 Å². The molecule has 1 saturated heterocycles. The number of nitrogens with zero attached hydrogens (tertiary/aromatic N) is 1. The van der Waals surface area contributed by atoms with Gasteiger partial charge < -0.3 is 4.74 Å². The van der Waals surface area contributed by atoms with E-state index in [1.165, 1.54) is 0 Å². The van der Waals surface area contributed by atoms with Crippen LogP contribution in [0.1, 0.15) is 69.1 Å². The molecule has 3 aromatic rings. The largest absolute Gasteiger partial charge is 0.350 e. The highest BCUT2D eigenvalue weighted by atomic mass is 16.8. The Morgan fingerprint density at radius 2 is 1.64 bits per heavy atom. The van der Waals surface area contributed by atoms with Crippen LogP contribution in [0.2, 0.25) is 0 Å². The van der Waals surface area contributed by atoms with Crippen molar-refractivity contribution in [1.82, 2.24) is 21.3 Å². The van der Waals surface area contributed by atoms with Gasteiger partial charge in [0.15, 0.2) is 6.29 Å². The van der Waals surface area contributed by atoms with E-state index in [1.807, 2.05) is 62.4 Å². The van der Waals surface area contributed by atoms with E-state index >= 15 is 0 Å². The summed E-state index contributed by atoms with van der Waals surface area (Å²) in [6, 6.07) is 23.4. The molecule has 3 atom stereocenters. The number of hydrazine groups is 1. The zero-order valence-corrected chi connectivity index (χ0v) is 26.4. The van der Waals surface area contributed by atoms with Crippen LogP contribution >= 0.6 is 0 Å². The summed E-state index contributed by atoms with van der Waals surface area (Å²) in [7, 11) is 0. The maximum Gasteiger partial charge on any atom is 0.247 e. The summed E-state index contributed by atoms with van der Waals surface area (Å²) >= 11 is 0. The molecule has 4 rings (SSSR count). The van der Waals surface area contributed by atoms with E-state index in [2.05, 4.69) is 33.4 Å². The maximum atomic E-state index is 14.5. The normalized spacial score (nSPS) is 16.7. The topological polar surface area (TPSA) is 119 Å². The van der Waals surface area contributed by atoms with E-state index in [9.17, 15) is 14.4 Å². The number of pyridine rings is 1. The molecule has 0 saturated carbocycles. The van der Waals surface area contributed by atoms with Crippen LogP contribution in [0.5, 0.6) is 0 Å². The lowest BCUT2D eigenvalue weighted by Gasteiger charge is -2.40. The Bertz CT molecular complexity index is 1330. The molecule has 0 spiro atoms. The fourth-order valence-electron chi connectivity index (χ4n) is 6.15. The number of amides is 3. The predicted octanol–water partition coefficient (Wildman–Crippen LogP) is 5.26. The number of ether oxygens (including phenoxy) is 1. The van der Waals surface area contributed by atoms with E-state index in [0.717, 1.165) is 36.0 Å². The second-order valence-corrected chi connectivity index (χ2v) is 12.3. The quantitative estimate of drug-likeness (QED) is 0.201. The number of benzene rings is 2. The van der Waals surface area contributed by atoms with E-state index in [4.69, 9.17) is 9.57 Å². The molecule has 9 heteroatoms. The third kappa shape index (κ3) is 10.5. The molecule has 0 bridgehead atoms. The Balaban J connectivity index is 1.63. The number of carbonyl (C=O) groups excluding carboxylic acids is 3. The standard InChI is InChI=1S/C36H46N4O5/c1-27(2)24-36(25-29-15-7-4-8-16-29,35(43)39-38-32(41)23-30-18-12-21-37-26-30)31(19-11-17-28-13-5-3-6-14-28)34(42)40-45-33-20-9-10-22-44-33/h3-8,12-16,18,21,26-27,31,33H,9-11,17,19-20,22-25H2,1-2H3,(H,38,41)(H,39,43)(H,40,42)/t31-,33?,36-/m1/s1. The first-order chi connectivity index (χ1) is 21.9. The molecular formula is C36H46N4O5. The lowest BCUT2D eigenvalue weighted by Crippen LogP contribution is -2.57. The number of nitrogens with one attached hydrogen (secondary N) is 3. The van der Waals surface area contributed by atoms with Crippen molar-refractivity contribution in [3.05, 3.63) is 102 Å². The lowest BCUT2D eigenvalue weighted by atomic mass is 9.64. The van der Waals surface area contributed by atoms with E-state index < -0.39 is 23.5 Å². The Kier molecular flexibility index (Phi) is 13.1. The van der Waals surface area contributed by atoms with Gasteiger partial charge in [0.25, 0.3) is 0 Å². The molecule has 45 heavy (non-hydrogen) atoms. The van der Waals surface area contributed by atoms with Crippen LogP contribution < -0.4 is 16.3 Å². The SMILES string of the molecule is CC(C)C[C@](Cc1ccccc1)(C(=O)NNC(=O)Cc1cccnc1)[C@H](CCCc1ccccc1)C(=O)NOC1CCCCO1. The Hall–Kier alpha value is -4.08. The molecule has 1 aliphatic rings. The predicted molar refractivity (Wildman–Crippen MR) is 172 cm³/mol. The van der Waals surface area contributed by atoms with Gasteiger partial charge in [-0.3, -0.25) is 30.2 Å². The Morgan fingerprint density at radius 1 is 0.933 bits per heavy atom. The summed E-state index contributed by atoms with van der Waals surface area (Å²) in [5.74, 6) is -1.85. The van der Waals surface area contributed by atoms with Gasteiger partial charge >= 0.3 is 0 Å². The number of rotatable bonds is 15. The fourth-order valence-corrected chi connectivity index (χ4v) is 6.15. The van der Waals surface area contributed by atoms with Gasteiger partial charge in [0.1, 0.15) is 0 Å². The zero-order chi connectivity index (χ0) is 31.9. The molecule has 0 radical (unpaired) electrons. The van der Waals surface area contributed by atoms with Crippen molar-refractivity contribution in [2.24, 2.45) is 17.3 Å². The second kappa shape index (κ2) is 17.4. The minimum atomic E-state index is -1.20. The summed E-state index contributed by atoms with van der Waals surface area (Å²) in [6.45, 7) is 4.66. The number of hydrogen-bond donors (Lipinski definition) is 3. The number of aryl methyl sites for hydroxylation is 1. The third-order valence-electron chi connectivity index (χ3n) is 8.20. The first-order valence-corrected chi connectivity index (χ1v) is 16.0. The van der Waals surface area contributed by atoms with Gasteiger partial charge in [-0.2, -0.15) is 0 Å². The van der Waals surface area contributed by atoms with E-state index in [-0.39, 0.29) is 24.2 Å². The van der Waals surface area contributed by atoms with Crippen molar-refractivity contribution in [2.75, 3.05) is 6.61 Å². The van der Waals surface area contributed by atoms with Crippen molar-refractivity contribution < 1.29 is 24.0 Å². The van der Waals surface area contributed by atoms with Crippen molar-refractivity contribution in [3.8, 4) is 0 Å². The molecular weight excluding hydrogens is 568 g/mol. The van der Waals surface area contributed by atoms with E-state index in [1.54, 1.807) is 24.5 Å². The maximum absolute atomic E-state index is 14.5. The second-order valence-electron chi connectivity index (χ2n) is 12.3.